The Morgan fingerprint density at radius 2 is 1.52 bits per heavy atom. The summed E-state index contributed by atoms with van der Waals surface area (Å²) in [5, 5.41) is 9.81. The molecule has 0 radical (unpaired) electrons. The Kier molecular flexibility index (Phi) is 8.91. The van der Waals surface area contributed by atoms with Crippen LogP contribution in [0.4, 0.5) is 0 Å². The fourth-order valence-electron chi connectivity index (χ4n) is 2.28. The fraction of sp³-hybridized carbons (Fsp3) is 0.611. The number of carbonyl (C=O) groups is 3. The van der Waals surface area contributed by atoms with E-state index < -0.39 is 42.3 Å². The fourth-order valence-corrected chi connectivity index (χ4v) is 2.28. The molecule has 0 amide bonds. The number of aliphatic hydroxyl groups is 1. The molecular weight excluding hydrogens is 328 g/mol. The monoisotopic (exact) mass is 354 g/mol. The summed E-state index contributed by atoms with van der Waals surface area (Å²) in [4.78, 5) is 34.7. The summed E-state index contributed by atoms with van der Waals surface area (Å²) in [6.45, 7) is 4.72. The third-order valence-corrected chi connectivity index (χ3v) is 3.58. The van der Waals surface area contributed by atoms with Crippen LogP contribution in [0.15, 0.2) is 24.3 Å². The molecule has 1 aliphatic rings. The van der Waals surface area contributed by atoms with E-state index in [9.17, 15) is 19.5 Å². The molecule has 0 aromatic carbocycles. The van der Waals surface area contributed by atoms with Crippen molar-refractivity contribution in [2.45, 2.75) is 70.9 Å². The number of carbonyl (C=O) groups excluding carboxylic acids is 3. The van der Waals surface area contributed by atoms with Gasteiger partial charge < -0.3 is 19.3 Å². The van der Waals surface area contributed by atoms with Gasteiger partial charge in [-0.3, -0.25) is 4.79 Å². The van der Waals surface area contributed by atoms with Crippen LogP contribution in [0.3, 0.4) is 0 Å². The highest BCUT2D eigenvalue weighted by molar-refractivity contribution is 5.82. The van der Waals surface area contributed by atoms with Gasteiger partial charge >= 0.3 is 17.9 Å². The molecule has 7 heteroatoms. The lowest BCUT2D eigenvalue weighted by Crippen LogP contribution is -2.21. The van der Waals surface area contributed by atoms with E-state index in [4.69, 9.17) is 14.2 Å². The highest BCUT2D eigenvalue weighted by Crippen LogP contribution is 2.12. The molecule has 1 N–H and O–H groups in total. The van der Waals surface area contributed by atoms with Crippen LogP contribution in [0.25, 0.3) is 0 Å². The van der Waals surface area contributed by atoms with Gasteiger partial charge in [-0.25, -0.2) is 9.59 Å². The number of hydrogen-bond acceptors (Lipinski definition) is 7. The van der Waals surface area contributed by atoms with E-state index >= 15 is 0 Å². The largest absolute Gasteiger partial charge is 0.460 e. The van der Waals surface area contributed by atoms with E-state index in [1.807, 2.05) is 0 Å². The van der Waals surface area contributed by atoms with Crippen molar-refractivity contribution >= 4 is 17.9 Å². The second kappa shape index (κ2) is 10.7. The lowest BCUT2D eigenvalue weighted by atomic mass is 10.1. The molecule has 0 aliphatic carbocycles. The average molecular weight is 354 g/mol. The minimum absolute atomic E-state index is 0.341. The van der Waals surface area contributed by atoms with Gasteiger partial charge in [0, 0.05) is 19.1 Å². The smallest absolute Gasteiger partial charge is 0.330 e. The first-order chi connectivity index (χ1) is 11.8. The van der Waals surface area contributed by atoms with Crippen molar-refractivity contribution in [3.8, 4) is 0 Å². The van der Waals surface area contributed by atoms with E-state index in [0.29, 0.717) is 25.7 Å². The summed E-state index contributed by atoms with van der Waals surface area (Å²) in [6, 6.07) is 0. The zero-order valence-electron chi connectivity index (χ0n) is 14.8. The van der Waals surface area contributed by atoms with E-state index in [2.05, 4.69) is 0 Å². The van der Waals surface area contributed by atoms with Gasteiger partial charge in [0.05, 0.1) is 18.3 Å². The SMILES string of the molecule is CC(=O)O[C@@H]1/C=C\C(=O)O[C@H](C)CC[C@H](O)/C=C\C(=O)O[C@H](C)CC1. The van der Waals surface area contributed by atoms with Crippen molar-refractivity contribution < 1.29 is 33.7 Å². The van der Waals surface area contributed by atoms with Gasteiger partial charge in [0.1, 0.15) is 6.10 Å². The predicted octanol–water partition coefficient (Wildman–Crippen LogP) is 1.83. The summed E-state index contributed by atoms with van der Waals surface area (Å²) < 4.78 is 15.5. The molecule has 140 valence electrons. The molecule has 0 spiro atoms. The highest BCUT2D eigenvalue weighted by Gasteiger charge is 2.16. The van der Waals surface area contributed by atoms with Crippen LogP contribution < -0.4 is 0 Å². The van der Waals surface area contributed by atoms with Gasteiger partial charge in [-0.1, -0.05) is 0 Å². The second-order valence-corrected chi connectivity index (χ2v) is 6.08. The molecule has 0 aromatic rings. The molecule has 0 saturated carbocycles. The summed E-state index contributed by atoms with van der Waals surface area (Å²) in [6.07, 6.45) is 4.62. The molecule has 0 fully saturated rings. The maximum atomic E-state index is 11.8. The normalized spacial score (nSPS) is 32.2. The Labute approximate surface area is 147 Å². The van der Waals surface area contributed by atoms with Crippen LogP contribution in [0.5, 0.6) is 0 Å². The predicted molar refractivity (Wildman–Crippen MR) is 89.4 cm³/mol. The third kappa shape index (κ3) is 9.66. The first-order valence-corrected chi connectivity index (χ1v) is 8.39. The topological polar surface area (TPSA) is 99.1 Å². The minimum atomic E-state index is -0.819. The van der Waals surface area contributed by atoms with Gasteiger partial charge in [0.25, 0.3) is 0 Å². The van der Waals surface area contributed by atoms with Crippen LogP contribution in [-0.2, 0) is 28.6 Å². The summed E-state index contributed by atoms with van der Waals surface area (Å²) in [5.41, 5.74) is 0. The molecule has 0 aromatic heterocycles. The van der Waals surface area contributed by atoms with E-state index in [1.54, 1.807) is 13.8 Å². The number of rotatable bonds is 1. The van der Waals surface area contributed by atoms with Crippen LogP contribution in [0, 0.1) is 0 Å². The first kappa shape index (κ1) is 20.9. The van der Waals surface area contributed by atoms with Gasteiger partial charge in [-0.15, -0.1) is 0 Å². The van der Waals surface area contributed by atoms with Gasteiger partial charge in [0.2, 0.25) is 0 Å². The molecular formula is C18H26O7. The lowest BCUT2D eigenvalue weighted by molar-refractivity contribution is -0.147. The van der Waals surface area contributed by atoms with Gasteiger partial charge in [-0.05, 0) is 51.7 Å². The molecule has 1 aliphatic heterocycles. The van der Waals surface area contributed by atoms with Crippen molar-refractivity contribution in [2.75, 3.05) is 0 Å². The molecule has 25 heavy (non-hydrogen) atoms. The highest BCUT2D eigenvalue weighted by atomic mass is 16.6. The quantitative estimate of drug-likeness (QED) is 0.566. The Morgan fingerprint density at radius 1 is 1.00 bits per heavy atom. The van der Waals surface area contributed by atoms with E-state index in [1.165, 1.54) is 31.2 Å². The lowest BCUT2D eigenvalue weighted by Gasteiger charge is -2.17. The van der Waals surface area contributed by atoms with E-state index in [-0.39, 0.29) is 0 Å². The van der Waals surface area contributed by atoms with Gasteiger partial charge in [0.15, 0.2) is 0 Å². The van der Waals surface area contributed by atoms with E-state index in [0.717, 1.165) is 0 Å². The zero-order valence-corrected chi connectivity index (χ0v) is 14.8. The minimum Gasteiger partial charge on any atom is -0.460 e. The molecule has 1 heterocycles. The van der Waals surface area contributed by atoms with Crippen molar-refractivity contribution in [3.05, 3.63) is 24.3 Å². The molecule has 4 atom stereocenters. The molecule has 1 rings (SSSR count). The number of aliphatic hydroxyl groups excluding tert-OH is 1. The van der Waals surface area contributed by atoms with Crippen LogP contribution in [0.1, 0.15) is 46.5 Å². The number of cyclic esters (lactones) is 2. The number of ether oxygens (including phenoxy) is 3. The summed E-state index contributed by atoms with van der Waals surface area (Å²) >= 11 is 0. The molecule has 0 saturated heterocycles. The molecule has 7 nitrogen and oxygen atoms in total. The maximum absolute atomic E-state index is 11.8. The maximum Gasteiger partial charge on any atom is 0.330 e. The summed E-state index contributed by atoms with van der Waals surface area (Å²) in [5.74, 6) is -1.55. The average Bonchev–Trinajstić information content (AvgIpc) is 2.52. The summed E-state index contributed by atoms with van der Waals surface area (Å²) in [7, 11) is 0. The Bertz CT molecular complexity index is 524. The van der Waals surface area contributed by atoms with Crippen molar-refractivity contribution in [1.29, 1.82) is 0 Å². The second-order valence-electron chi connectivity index (χ2n) is 6.08. The standard InChI is InChI=1S/C18H26O7/c1-12-4-6-15(20)7-10-17(21)24-13(2)5-8-16(25-14(3)19)9-11-18(22)23-12/h7,9-13,15-16,20H,4-6,8H2,1-3H3/b10-7-,11-9-/t12-,13-,15+,16+/m1/s1. The van der Waals surface area contributed by atoms with Crippen LogP contribution >= 0.6 is 0 Å². The molecule has 0 unspecified atom stereocenters. The van der Waals surface area contributed by atoms with Crippen LogP contribution in [-0.4, -0.2) is 47.4 Å². The Balaban J connectivity index is 2.83. The zero-order chi connectivity index (χ0) is 18.8. The number of esters is 3. The third-order valence-electron chi connectivity index (χ3n) is 3.58. The first-order valence-electron chi connectivity index (χ1n) is 8.39. The Morgan fingerprint density at radius 3 is 2.08 bits per heavy atom. The van der Waals surface area contributed by atoms with Crippen molar-refractivity contribution in [1.82, 2.24) is 0 Å². The van der Waals surface area contributed by atoms with Crippen molar-refractivity contribution in [2.24, 2.45) is 0 Å². The van der Waals surface area contributed by atoms with Crippen LogP contribution in [0.2, 0.25) is 0 Å². The Hall–Kier alpha value is -2.15. The van der Waals surface area contributed by atoms with Crippen molar-refractivity contribution in [3.63, 3.8) is 0 Å². The van der Waals surface area contributed by atoms with Gasteiger partial charge in [-0.2, -0.15) is 0 Å². The number of hydrogen-bond donors (Lipinski definition) is 1. The molecule has 0 bridgehead atoms.